The first kappa shape index (κ1) is 14.7. The molecule has 0 aromatic carbocycles. The van der Waals surface area contributed by atoms with Crippen LogP contribution in [0.2, 0.25) is 0 Å². The average Bonchev–Trinajstić information content (AvgIpc) is 3.08. The standard InChI is InChI=1S/C14H16BrN3O2S/c1-10-8-12(20-16-10)14(19)18-6-4-17(5-7-18)9-11-2-3-13(15)21-11/h2-3,8H,4-7,9H2,1H3. The molecule has 0 spiro atoms. The van der Waals surface area contributed by atoms with Crippen molar-refractivity contribution >= 4 is 33.2 Å². The molecule has 0 bridgehead atoms. The number of carbonyl (C=O) groups is 1. The van der Waals surface area contributed by atoms with Crippen LogP contribution in [0, 0.1) is 6.92 Å². The fourth-order valence-electron chi connectivity index (χ4n) is 2.39. The first-order chi connectivity index (χ1) is 10.1. The molecule has 0 aliphatic carbocycles. The summed E-state index contributed by atoms with van der Waals surface area (Å²) in [6, 6.07) is 5.91. The molecule has 0 radical (unpaired) electrons. The van der Waals surface area contributed by atoms with Crippen LogP contribution in [0.1, 0.15) is 21.1 Å². The van der Waals surface area contributed by atoms with Gasteiger partial charge in [-0.25, -0.2) is 0 Å². The van der Waals surface area contributed by atoms with Gasteiger partial charge in [0.25, 0.3) is 5.91 Å². The van der Waals surface area contributed by atoms with Gasteiger partial charge >= 0.3 is 0 Å². The van der Waals surface area contributed by atoms with Crippen molar-refractivity contribution in [1.29, 1.82) is 0 Å². The molecule has 3 rings (SSSR count). The highest BCUT2D eigenvalue weighted by atomic mass is 79.9. The Hall–Kier alpha value is -1.18. The van der Waals surface area contributed by atoms with Gasteiger partial charge in [-0.05, 0) is 35.0 Å². The number of rotatable bonds is 3. The Morgan fingerprint density at radius 3 is 2.71 bits per heavy atom. The summed E-state index contributed by atoms with van der Waals surface area (Å²) in [4.78, 5) is 17.8. The Morgan fingerprint density at radius 1 is 1.38 bits per heavy atom. The van der Waals surface area contributed by atoms with Crippen molar-refractivity contribution in [3.05, 3.63) is 38.3 Å². The molecule has 2 aromatic heterocycles. The largest absolute Gasteiger partial charge is 0.351 e. The van der Waals surface area contributed by atoms with Crippen molar-refractivity contribution < 1.29 is 9.32 Å². The minimum absolute atomic E-state index is 0.0610. The lowest BCUT2D eigenvalue weighted by Gasteiger charge is -2.33. The Labute approximate surface area is 135 Å². The molecule has 1 saturated heterocycles. The van der Waals surface area contributed by atoms with Crippen molar-refractivity contribution in [3.8, 4) is 0 Å². The fraction of sp³-hybridized carbons (Fsp3) is 0.429. The maximum Gasteiger partial charge on any atom is 0.292 e. The lowest BCUT2D eigenvalue weighted by atomic mass is 10.2. The Kier molecular flexibility index (Phi) is 4.42. The second-order valence-corrected chi connectivity index (χ2v) is 7.65. The van der Waals surface area contributed by atoms with E-state index in [9.17, 15) is 4.79 Å². The van der Waals surface area contributed by atoms with Gasteiger partial charge in [-0.15, -0.1) is 11.3 Å². The topological polar surface area (TPSA) is 49.6 Å². The van der Waals surface area contributed by atoms with E-state index in [-0.39, 0.29) is 5.91 Å². The number of piperazine rings is 1. The maximum atomic E-state index is 12.3. The van der Waals surface area contributed by atoms with Crippen molar-refractivity contribution in [2.24, 2.45) is 0 Å². The van der Waals surface area contributed by atoms with Gasteiger partial charge in [-0.3, -0.25) is 9.69 Å². The van der Waals surface area contributed by atoms with Gasteiger partial charge in [0.05, 0.1) is 9.48 Å². The molecule has 1 amide bonds. The van der Waals surface area contributed by atoms with E-state index in [2.05, 4.69) is 38.1 Å². The third kappa shape index (κ3) is 3.53. The molecule has 112 valence electrons. The molecule has 0 atom stereocenters. The summed E-state index contributed by atoms with van der Waals surface area (Å²) in [7, 11) is 0. The number of aromatic nitrogens is 1. The van der Waals surface area contributed by atoms with Gasteiger partial charge in [-0.1, -0.05) is 5.16 Å². The molecular weight excluding hydrogens is 354 g/mol. The molecule has 5 nitrogen and oxygen atoms in total. The second-order valence-electron chi connectivity index (χ2n) is 5.11. The molecule has 1 aliphatic heterocycles. The van der Waals surface area contributed by atoms with Crippen LogP contribution in [-0.2, 0) is 6.54 Å². The monoisotopic (exact) mass is 369 g/mol. The van der Waals surface area contributed by atoms with Gasteiger partial charge < -0.3 is 9.42 Å². The van der Waals surface area contributed by atoms with E-state index in [1.165, 1.54) is 4.88 Å². The molecule has 1 aliphatic rings. The van der Waals surface area contributed by atoms with Crippen LogP contribution in [0.15, 0.2) is 26.5 Å². The number of hydrogen-bond acceptors (Lipinski definition) is 5. The maximum absolute atomic E-state index is 12.3. The minimum Gasteiger partial charge on any atom is -0.351 e. The summed E-state index contributed by atoms with van der Waals surface area (Å²) in [6.07, 6.45) is 0. The van der Waals surface area contributed by atoms with Crippen LogP contribution in [0.4, 0.5) is 0 Å². The van der Waals surface area contributed by atoms with Crippen LogP contribution in [0.25, 0.3) is 0 Å². The van der Waals surface area contributed by atoms with E-state index in [0.717, 1.165) is 42.2 Å². The number of aryl methyl sites for hydroxylation is 1. The molecular formula is C14H16BrN3O2S. The lowest BCUT2D eigenvalue weighted by molar-refractivity contribution is 0.0590. The van der Waals surface area contributed by atoms with Crippen molar-refractivity contribution in [3.63, 3.8) is 0 Å². The molecule has 0 unspecified atom stereocenters. The summed E-state index contributed by atoms with van der Waals surface area (Å²) in [5.74, 6) is 0.275. The van der Waals surface area contributed by atoms with E-state index < -0.39 is 0 Å². The van der Waals surface area contributed by atoms with E-state index >= 15 is 0 Å². The molecule has 3 heterocycles. The first-order valence-corrected chi connectivity index (χ1v) is 8.42. The highest BCUT2D eigenvalue weighted by molar-refractivity contribution is 9.11. The Bertz CT molecular complexity index is 632. The molecule has 21 heavy (non-hydrogen) atoms. The number of halogens is 1. The zero-order valence-electron chi connectivity index (χ0n) is 11.7. The summed E-state index contributed by atoms with van der Waals surface area (Å²) in [5, 5.41) is 3.77. The van der Waals surface area contributed by atoms with Gasteiger partial charge in [0.2, 0.25) is 5.76 Å². The van der Waals surface area contributed by atoms with Crippen molar-refractivity contribution in [1.82, 2.24) is 15.0 Å². The summed E-state index contributed by atoms with van der Waals surface area (Å²) in [6.45, 7) is 5.98. The van der Waals surface area contributed by atoms with Crippen LogP contribution >= 0.6 is 27.3 Å². The van der Waals surface area contributed by atoms with E-state index in [1.54, 1.807) is 17.4 Å². The third-order valence-corrected chi connectivity index (χ3v) is 5.11. The fourth-order valence-corrected chi connectivity index (χ4v) is 3.91. The van der Waals surface area contributed by atoms with Crippen LogP contribution in [-0.4, -0.2) is 47.0 Å². The minimum atomic E-state index is -0.0610. The van der Waals surface area contributed by atoms with E-state index in [4.69, 9.17) is 4.52 Å². The number of hydrogen-bond donors (Lipinski definition) is 0. The van der Waals surface area contributed by atoms with Crippen LogP contribution in [0.5, 0.6) is 0 Å². The average molecular weight is 370 g/mol. The van der Waals surface area contributed by atoms with Crippen LogP contribution < -0.4 is 0 Å². The SMILES string of the molecule is Cc1cc(C(=O)N2CCN(Cc3ccc(Br)s3)CC2)on1. The molecule has 0 N–H and O–H groups in total. The summed E-state index contributed by atoms with van der Waals surface area (Å²) in [5.41, 5.74) is 0.736. The van der Waals surface area contributed by atoms with Gasteiger partial charge in [-0.2, -0.15) is 0 Å². The zero-order valence-corrected chi connectivity index (χ0v) is 14.1. The second kappa shape index (κ2) is 6.29. The summed E-state index contributed by atoms with van der Waals surface area (Å²) < 4.78 is 6.21. The van der Waals surface area contributed by atoms with Crippen LogP contribution in [0.3, 0.4) is 0 Å². The lowest BCUT2D eigenvalue weighted by Crippen LogP contribution is -2.48. The highest BCUT2D eigenvalue weighted by Gasteiger charge is 2.24. The predicted octanol–water partition coefficient (Wildman–Crippen LogP) is 2.77. The van der Waals surface area contributed by atoms with Crippen molar-refractivity contribution in [2.45, 2.75) is 13.5 Å². The van der Waals surface area contributed by atoms with E-state index in [1.807, 2.05) is 11.8 Å². The molecule has 1 fully saturated rings. The van der Waals surface area contributed by atoms with E-state index in [0.29, 0.717) is 5.76 Å². The molecule has 2 aromatic rings. The van der Waals surface area contributed by atoms with Gasteiger partial charge in [0, 0.05) is 43.7 Å². The quantitative estimate of drug-likeness (QED) is 0.834. The number of amides is 1. The number of thiophene rings is 1. The summed E-state index contributed by atoms with van der Waals surface area (Å²) >= 11 is 5.24. The number of nitrogens with zero attached hydrogens (tertiary/aromatic N) is 3. The molecule has 0 saturated carbocycles. The Morgan fingerprint density at radius 2 is 2.14 bits per heavy atom. The first-order valence-electron chi connectivity index (χ1n) is 6.81. The molecule has 7 heteroatoms. The normalized spacial score (nSPS) is 16.4. The number of carbonyl (C=O) groups excluding carboxylic acids is 1. The Balaban J connectivity index is 1.54. The third-order valence-electron chi connectivity index (χ3n) is 3.51. The van der Waals surface area contributed by atoms with Gasteiger partial charge in [0.15, 0.2) is 0 Å². The van der Waals surface area contributed by atoms with Crippen molar-refractivity contribution in [2.75, 3.05) is 26.2 Å². The predicted molar refractivity (Wildman–Crippen MR) is 84.4 cm³/mol. The van der Waals surface area contributed by atoms with Gasteiger partial charge in [0.1, 0.15) is 0 Å². The smallest absolute Gasteiger partial charge is 0.292 e. The zero-order chi connectivity index (χ0) is 14.8. The highest BCUT2D eigenvalue weighted by Crippen LogP contribution is 2.23.